The summed E-state index contributed by atoms with van der Waals surface area (Å²) in [5.41, 5.74) is 16.5. The number of aromatic nitrogens is 1. The van der Waals surface area contributed by atoms with Gasteiger partial charge in [0.2, 0.25) is 0 Å². The van der Waals surface area contributed by atoms with Gasteiger partial charge in [-0.25, -0.2) is 0 Å². The summed E-state index contributed by atoms with van der Waals surface area (Å²) in [6.45, 7) is 2.19. The number of nitrogens with zero attached hydrogens (tertiary/aromatic N) is 1. The van der Waals surface area contributed by atoms with E-state index in [9.17, 15) is 0 Å². The van der Waals surface area contributed by atoms with Gasteiger partial charge in [-0.15, -0.1) is 0 Å². The molecule has 8 rings (SSSR count). The Hall–Kier alpha value is -5.60. The van der Waals surface area contributed by atoms with Crippen molar-refractivity contribution in [3.8, 4) is 39.2 Å². The van der Waals surface area contributed by atoms with E-state index in [4.69, 9.17) is 0 Å². The van der Waals surface area contributed by atoms with E-state index in [0.29, 0.717) is 0 Å². The first-order valence-corrected chi connectivity index (χ1v) is 16.7. The zero-order valence-corrected chi connectivity index (χ0v) is 26.9. The largest absolute Gasteiger partial charge is 0.388 e. The van der Waals surface area contributed by atoms with Crippen LogP contribution in [0.25, 0.3) is 55.8 Å². The lowest BCUT2D eigenvalue weighted by atomic mass is 9.82. The first kappa shape index (κ1) is 28.8. The van der Waals surface area contributed by atoms with Crippen LogP contribution in [0.15, 0.2) is 158 Å². The molecule has 0 spiro atoms. The van der Waals surface area contributed by atoms with Gasteiger partial charge in [0.1, 0.15) is 0 Å². The number of hydrogen-bond donors (Lipinski definition) is 1. The second-order valence-corrected chi connectivity index (χ2v) is 12.4. The summed E-state index contributed by atoms with van der Waals surface area (Å²) in [6, 6.07) is 55.8. The summed E-state index contributed by atoms with van der Waals surface area (Å²) in [7, 11) is 2.01. The number of allylic oxidation sites excluding steroid dienone is 1. The molecule has 2 heteroatoms. The minimum Gasteiger partial charge on any atom is -0.388 e. The molecule has 0 bridgehead atoms. The molecule has 2 nitrogen and oxygen atoms in total. The maximum Gasteiger partial charge on any atom is 0.0622 e. The van der Waals surface area contributed by atoms with Crippen molar-refractivity contribution in [3.05, 3.63) is 180 Å². The molecule has 1 atom stereocenters. The van der Waals surface area contributed by atoms with Gasteiger partial charge in [0.15, 0.2) is 0 Å². The second kappa shape index (κ2) is 12.3. The predicted molar refractivity (Wildman–Crippen MR) is 199 cm³/mol. The monoisotopic (exact) mass is 606 g/mol. The third-order valence-electron chi connectivity index (χ3n) is 9.64. The van der Waals surface area contributed by atoms with E-state index in [1.807, 2.05) is 7.05 Å². The molecule has 1 aromatic heterocycles. The van der Waals surface area contributed by atoms with Crippen LogP contribution in [-0.4, -0.2) is 11.6 Å². The van der Waals surface area contributed by atoms with Crippen molar-refractivity contribution in [1.82, 2.24) is 9.88 Å². The third kappa shape index (κ3) is 4.98. The minimum atomic E-state index is 0.190. The molecule has 1 aliphatic carbocycles. The van der Waals surface area contributed by atoms with Crippen molar-refractivity contribution in [3.63, 3.8) is 0 Å². The molecule has 228 valence electrons. The number of para-hydroxylation sites is 2. The molecule has 1 N–H and O–H groups in total. The van der Waals surface area contributed by atoms with Crippen LogP contribution in [0.5, 0.6) is 0 Å². The van der Waals surface area contributed by atoms with Crippen molar-refractivity contribution in [2.75, 3.05) is 7.05 Å². The van der Waals surface area contributed by atoms with E-state index in [1.54, 1.807) is 0 Å². The highest BCUT2D eigenvalue weighted by Gasteiger charge is 2.32. The maximum absolute atomic E-state index is 3.41. The molecular weight excluding hydrogens is 569 g/mol. The number of benzene rings is 6. The summed E-state index contributed by atoms with van der Waals surface area (Å²) >= 11 is 0. The van der Waals surface area contributed by atoms with E-state index in [1.165, 1.54) is 78.1 Å². The highest BCUT2D eigenvalue weighted by atomic mass is 15.0. The second-order valence-electron chi connectivity index (χ2n) is 12.4. The minimum absolute atomic E-state index is 0.190. The predicted octanol–water partition coefficient (Wildman–Crippen LogP) is 11.3. The lowest BCUT2D eigenvalue weighted by molar-refractivity contribution is 0.810. The van der Waals surface area contributed by atoms with Crippen LogP contribution in [0.2, 0.25) is 0 Å². The van der Waals surface area contributed by atoms with Crippen LogP contribution >= 0.6 is 0 Å². The number of fused-ring (bicyclic) bond motifs is 7. The van der Waals surface area contributed by atoms with Crippen LogP contribution in [-0.2, 0) is 6.42 Å². The van der Waals surface area contributed by atoms with Gasteiger partial charge in [0.05, 0.1) is 11.2 Å². The molecule has 0 aliphatic heterocycles. The first-order chi connectivity index (χ1) is 23.3. The summed E-state index contributed by atoms with van der Waals surface area (Å²) in [5.74, 6) is 0.190. The average Bonchev–Trinajstić information content (AvgIpc) is 3.43. The molecule has 1 unspecified atom stereocenters. The van der Waals surface area contributed by atoms with Crippen LogP contribution in [0.3, 0.4) is 0 Å². The zero-order valence-electron chi connectivity index (χ0n) is 26.9. The molecule has 0 saturated carbocycles. The quantitative estimate of drug-likeness (QED) is 0.191. The maximum atomic E-state index is 3.41. The summed E-state index contributed by atoms with van der Waals surface area (Å²) in [6.07, 6.45) is 4.17. The van der Waals surface area contributed by atoms with Gasteiger partial charge in [-0.3, -0.25) is 0 Å². The van der Waals surface area contributed by atoms with E-state index in [0.717, 1.165) is 12.8 Å². The standard InChI is InChI=1S/C45H38N2/c1-3-16-42(46-2)33-20-14-17-31(29-33)30-41-36-23-10-12-25-38(36)43-40-28-15-27-35(32-18-6-4-7-19-32)44(40)47(34-21-8-5-9-22-34)45(43)39-26-13-11-24-37(39)41/h4-29,41,46H,3,30H2,1-2H3/b42-16-. The van der Waals surface area contributed by atoms with Gasteiger partial charge >= 0.3 is 0 Å². The van der Waals surface area contributed by atoms with Gasteiger partial charge in [0, 0.05) is 46.4 Å². The fourth-order valence-electron chi connectivity index (χ4n) is 7.65. The van der Waals surface area contributed by atoms with Crippen LogP contribution in [0.1, 0.15) is 41.5 Å². The molecule has 7 aromatic rings. The Labute approximate surface area is 277 Å². The highest BCUT2D eigenvalue weighted by molar-refractivity contribution is 6.12. The summed E-state index contributed by atoms with van der Waals surface area (Å²) in [4.78, 5) is 0. The van der Waals surface area contributed by atoms with Crippen molar-refractivity contribution < 1.29 is 0 Å². The number of rotatable bonds is 7. The van der Waals surface area contributed by atoms with Gasteiger partial charge in [0.25, 0.3) is 0 Å². The Morgan fingerprint density at radius 2 is 1.30 bits per heavy atom. The van der Waals surface area contributed by atoms with E-state index >= 15 is 0 Å². The smallest absolute Gasteiger partial charge is 0.0622 e. The van der Waals surface area contributed by atoms with Crippen molar-refractivity contribution >= 4 is 16.6 Å². The molecule has 0 saturated heterocycles. The van der Waals surface area contributed by atoms with Gasteiger partial charge in [-0.05, 0) is 64.4 Å². The zero-order chi connectivity index (χ0) is 31.7. The fourth-order valence-corrected chi connectivity index (χ4v) is 7.65. The van der Waals surface area contributed by atoms with Crippen LogP contribution < -0.4 is 5.32 Å². The normalized spacial score (nSPS) is 13.8. The first-order valence-electron chi connectivity index (χ1n) is 16.7. The molecule has 1 heterocycles. The molecule has 0 amide bonds. The van der Waals surface area contributed by atoms with E-state index in [-0.39, 0.29) is 5.92 Å². The lowest BCUT2D eigenvalue weighted by Crippen LogP contribution is -2.09. The van der Waals surface area contributed by atoms with Gasteiger partial charge in [-0.2, -0.15) is 0 Å². The molecule has 47 heavy (non-hydrogen) atoms. The molecule has 1 aliphatic rings. The van der Waals surface area contributed by atoms with Crippen LogP contribution in [0.4, 0.5) is 0 Å². The van der Waals surface area contributed by atoms with Crippen molar-refractivity contribution in [1.29, 1.82) is 0 Å². The molecular formula is C45H38N2. The summed E-state index contributed by atoms with van der Waals surface area (Å²) < 4.78 is 2.53. The Balaban J connectivity index is 1.43. The van der Waals surface area contributed by atoms with Crippen molar-refractivity contribution in [2.24, 2.45) is 0 Å². The van der Waals surface area contributed by atoms with E-state index in [2.05, 4.69) is 175 Å². The lowest BCUT2D eigenvalue weighted by Gasteiger charge is -2.22. The Kier molecular flexibility index (Phi) is 7.55. The average molecular weight is 607 g/mol. The molecule has 6 aromatic carbocycles. The van der Waals surface area contributed by atoms with E-state index < -0.39 is 0 Å². The Morgan fingerprint density at radius 1 is 0.660 bits per heavy atom. The molecule has 0 radical (unpaired) electrons. The van der Waals surface area contributed by atoms with Crippen LogP contribution in [0, 0.1) is 0 Å². The topological polar surface area (TPSA) is 17.0 Å². The summed E-state index contributed by atoms with van der Waals surface area (Å²) in [5, 5.41) is 4.69. The SMILES string of the molecule is CC/C=C(\NC)c1cccc(CC2c3ccccc3-c3c(n(-c4ccccc4)c4c(-c5ccccc5)cccc34)-c3ccccc32)c1. The number of hydrogen-bond acceptors (Lipinski definition) is 1. The van der Waals surface area contributed by atoms with Gasteiger partial charge in [-0.1, -0.05) is 146 Å². The Morgan fingerprint density at radius 3 is 2.04 bits per heavy atom. The molecule has 0 fully saturated rings. The third-order valence-corrected chi connectivity index (χ3v) is 9.64. The fraction of sp³-hybridized carbons (Fsp3) is 0.111. The van der Waals surface area contributed by atoms with Gasteiger partial charge < -0.3 is 9.88 Å². The highest BCUT2D eigenvalue weighted by Crippen LogP contribution is 2.52. The Bertz CT molecular complexity index is 2240. The van der Waals surface area contributed by atoms with Crippen molar-refractivity contribution in [2.45, 2.75) is 25.7 Å². The number of nitrogens with one attached hydrogen (secondary N) is 1.